The van der Waals surface area contributed by atoms with Gasteiger partial charge in [0.25, 0.3) is 0 Å². The maximum Gasteiger partial charge on any atom is 0.303 e. The van der Waals surface area contributed by atoms with Crippen LogP contribution in [0, 0.1) is 5.92 Å². The van der Waals surface area contributed by atoms with E-state index in [1.807, 2.05) is 24.3 Å². The van der Waals surface area contributed by atoms with Gasteiger partial charge in [0.1, 0.15) is 23.4 Å². The number of aryl methyl sites for hydroxylation is 1. The van der Waals surface area contributed by atoms with Gasteiger partial charge in [-0.15, -0.1) is 0 Å². The van der Waals surface area contributed by atoms with Crippen molar-refractivity contribution in [2.24, 2.45) is 5.92 Å². The van der Waals surface area contributed by atoms with Crippen molar-refractivity contribution in [2.45, 2.75) is 51.0 Å². The molecule has 0 saturated carbocycles. The molecule has 0 saturated heterocycles. The highest BCUT2D eigenvalue weighted by atomic mass is 16.5. The molecule has 240 valence electrons. The fourth-order valence-corrected chi connectivity index (χ4v) is 5.78. The largest absolute Gasteiger partial charge is 0.507 e. The van der Waals surface area contributed by atoms with Crippen LogP contribution >= 0.6 is 0 Å². The molecule has 1 aliphatic heterocycles. The summed E-state index contributed by atoms with van der Waals surface area (Å²) in [5.74, 6) is -5.94. The van der Waals surface area contributed by atoms with Gasteiger partial charge in [-0.1, -0.05) is 36.8 Å². The number of Topliss-reactive ketones (excluding diaryl/α,β-unsaturated/α-hetero) is 1. The summed E-state index contributed by atoms with van der Waals surface area (Å²) in [4.78, 5) is 24.5. The molecular formula is C35H34O11. The zero-order chi connectivity index (χ0) is 33.1. The number of carbonyl (C=O) groups excluding carboxylic acids is 1. The lowest BCUT2D eigenvalue weighted by Gasteiger charge is -2.35. The zero-order valence-electron chi connectivity index (χ0n) is 24.7. The number of phenolic OH excluding ortho intramolecular Hbond substituents is 7. The molecule has 1 aliphatic rings. The maximum atomic E-state index is 13.8. The molecule has 4 aromatic rings. The van der Waals surface area contributed by atoms with Crippen LogP contribution in [0.4, 0.5) is 0 Å². The minimum absolute atomic E-state index is 0.0944. The summed E-state index contributed by atoms with van der Waals surface area (Å²) in [7, 11) is 0. The minimum Gasteiger partial charge on any atom is -0.507 e. The first-order chi connectivity index (χ1) is 21.9. The Morgan fingerprint density at radius 1 is 0.696 bits per heavy atom. The SMILES string of the molecule is O=C(O)CCCCCc1ccc(Cc2c(O)cc(O)c3c2O[C@@H](c2ccc(O)c(O)c2)[C@H](C(=O)c2cc(O)c(O)c(O)c2)C3)cc1. The maximum absolute atomic E-state index is 13.8. The van der Waals surface area contributed by atoms with Crippen LogP contribution in [0.15, 0.2) is 60.7 Å². The predicted octanol–water partition coefficient (Wildman–Crippen LogP) is 5.58. The van der Waals surface area contributed by atoms with Crippen LogP contribution < -0.4 is 4.74 Å². The molecule has 11 heteroatoms. The number of fused-ring (bicyclic) bond motifs is 1. The monoisotopic (exact) mass is 630 g/mol. The zero-order valence-corrected chi connectivity index (χ0v) is 24.7. The molecule has 0 aromatic heterocycles. The van der Waals surface area contributed by atoms with Crippen LogP contribution in [0.1, 0.15) is 70.0 Å². The Bertz CT molecular complexity index is 1760. The normalized spacial score (nSPS) is 15.6. The third-order valence-electron chi connectivity index (χ3n) is 8.25. The average Bonchev–Trinajstić information content (AvgIpc) is 3.02. The number of benzene rings is 4. The quantitative estimate of drug-likeness (QED) is 0.0583. The van der Waals surface area contributed by atoms with Gasteiger partial charge in [-0.25, -0.2) is 0 Å². The van der Waals surface area contributed by atoms with Crippen LogP contribution in [0.2, 0.25) is 0 Å². The van der Waals surface area contributed by atoms with Gasteiger partial charge in [-0.2, -0.15) is 0 Å². The Labute approximate surface area is 263 Å². The molecule has 0 aliphatic carbocycles. The second kappa shape index (κ2) is 13.2. The first kappa shape index (κ1) is 31.8. The molecule has 0 bridgehead atoms. The second-order valence-corrected chi connectivity index (χ2v) is 11.5. The van der Waals surface area contributed by atoms with Crippen molar-refractivity contribution in [3.8, 4) is 46.0 Å². The molecular weight excluding hydrogens is 596 g/mol. The van der Waals surface area contributed by atoms with Crippen LogP contribution in [-0.2, 0) is 24.1 Å². The summed E-state index contributed by atoms with van der Waals surface area (Å²) in [5.41, 5.74) is 2.66. The van der Waals surface area contributed by atoms with Gasteiger partial charge in [0.15, 0.2) is 34.5 Å². The molecule has 5 rings (SSSR count). The average molecular weight is 631 g/mol. The smallest absolute Gasteiger partial charge is 0.303 e. The standard InChI is InChI=1S/C35H34O11/c36-25-11-10-20(13-28(25)39)34-24(32(44)21-14-29(40)33(45)30(41)15-21)16-23-27(38)17-26(37)22(35(23)46-34)12-19-8-6-18(7-9-19)4-2-1-3-5-31(42)43/h6-11,13-15,17,24,34,36-41,45H,1-5,12,16H2,(H,42,43)/t24-,34-/m0/s1. The van der Waals surface area contributed by atoms with Gasteiger partial charge in [0.2, 0.25) is 0 Å². The molecule has 46 heavy (non-hydrogen) atoms. The van der Waals surface area contributed by atoms with Crippen molar-refractivity contribution < 1.29 is 55.2 Å². The fourth-order valence-electron chi connectivity index (χ4n) is 5.78. The highest BCUT2D eigenvalue weighted by molar-refractivity contribution is 6.00. The molecule has 0 spiro atoms. The third-order valence-corrected chi connectivity index (χ3v) is 8.25. The lowest BCUT2D eigenvalue weighted by molar-refractivity contribution is -0.137. The van der Waals surface area contributed by atoms with Crippen LogP contribution in [0.5, 0.6) is 46.0 Å². The predicted molar refractivity (Wildman–Crippen MR) is 165 cm³/mol. The van der Waals surface area contributed by atoms with Crippen LogP contribution in [0.25, 0.3) is 0 Å². The molecule has 2 atom stereocenters. The Balaban J connectivity index is 1.47. The van der Waals surface area contributed by atoms with Crippen LogP contribution in [-0.4, -0.2) is 52.6 Å². The Hall–Kier alpha value is -5.58. The Kier molecular flexibility index (Phi) is 9.13. The number of hydrogen-bond donors (Lipinski definition) is 8. The Morgan fingerprint density at radius 2 is 1.37 bits per heavy atom. The van der Waals surface area contributed by atoms with E-state index in [-0.39, 0.29) is 47.6 Å². The van der Waals surface area contributed by atoms with Crippen molar-refractivity contribution in [3.05, 3.63) is 94.0 Å². The number of ketones is 1. The van der Waals surface area contributed by atoms with Gasteiger partial charge >= 0.3 is 5.97 Å². The van der Waals surface area contributed by atoms with Crippen LogP contribution in [0.3, 0.4) is 0 Å². The van der Waals surface area contributed by atoms with E-state index in [0.717, 1.165) is 42.5 Å². The highest BCUT2D eigenvalue weighted by Crippen LogP contribution is 2.49. The number of carboxylic acid groups (broad SMARTS) is 1. The molecule has 8 N–H and O–H groups in total. The van der Waals surface area contributed by atoms with Crippen molar-refractivity contribution in [1.82, 2.24) is 0 Å². The van der Waals surface area contributed by atoms with Gasteiger partial charge in [0.05, 0.1) is 5.92 Å². The third kappa shape index (κ3) is 6.73. The van der Waals surface area contributed by atoms with Crippen molar-refractivity contribution in [1.29, 1.82) is 0 Å². The summed E-state index contributed by atoms with van der Waals surface area (Å²) in [6, 6.07) is 14.8. The number of phenols is 7. The first-order valence-corrected chi connectivity index (χ1v) is 14.8. The number of unbranched alkanes of at least 4 members (excludes halogenated alkanes) is 2. The van der Waals surface area contributed by atoms with Gasteiger partial charge in [-0.3, -0.25) is 9.59 Å². The van der Waals surface area contributed by atoms with E-state index in [1.54, 1.807) is 0 Å². The van der Waals surface area contributed by atoms with Crippen molar-refractivity contribution in [2.75, 3.05) is 0 Å². The van der Waals surface area contributed by atoms with Gasteiger partial charge < -0.3 is 45.6 Å². The number of ether oxygens (including phenoxy) is 1. The second-order valence-electron chi connectivity index (χ2n) is 11.5. The number of hydrogen-bond acceptors (Lipinski definition) is 10. The van der Waals surface area contributed by atoms with Gasteiger partial charge in [-0.05, 0) is 66.6 Å². The summed E-state index contributed by atoms with van der Waals surface area (Å²) >= 11 is 0. The molecule has 1 heterocycles. The molecule has 0 radical (unpaired) electrons. The summed E-state index contributed by atoms with van der Waals surface area (Å²) in [6.45, 7) is 0. The number of aromatic hydroxyl groups is 7. The summed E-state index contributed by atoms with van der Waals surface area (Å²) < 4.78 is 6.38. The lowest BCUT2D eigenvalue weighted by atomic mass is 9.80. The van der Waals surface area contributed by atoms with E-state index in [4.69, 9.17) is 9.84 Å². The molecule has 4 aromatic carbocycles. The minimum atomic E-state index is -1.10. The molecule has 0 amide bonds. The van der Waals surface area contributed by atoms with Crippen molar-refractivity contribution in [3.63, 3.8) is 0 Å². The first-order valence-electron chi connectivity index (χ1n) is 14.8. The topological polar surface area (TPSA) is 205 Å². The molecule has 11 nitrogen and oxygen atoms in total. The van der Waals surface area contributed by atoms with Gasteiger partial charge in [0, 0.05) is 35.6 Å². The number of carboxylic acids is 1. The number of aliphatic carboxylic acids is 1. The van der Waals surface area contributed by atoms with E-state index in [2.05, 4.69) is 0 Å². The van der Waals surface area contributed by atoms with E-state index in [0.29, 0.717) is 17.5 Å². The molecule has 0 fully saturated rings. The van der Waals surface area contributed by atoms with E-state index < -0.39 is 52.5 Å². The molecule has 0 unspecified atom stereocenters. The number of carbonyl (C=O) groups is 2. The summed E-state index contributed by atoms with van der Waals surface area (Å²) in [5, 5.41) is 80.6. The lowest BCUT2D eigenvalue weighted by Crippen LogP contribution is -2.32. The fraction of sp³-hybridized carbons (Fsp3) is 0.257. The highest BCUT2D eigenvalue weighted by Gasteiger charge is 2.40. The summed E-state index contributed by atoms with van der Waals surface area (Å²) in [6.07, 6.45) is 2.22. The van der Waals surface area contributed by atoms with E-state index in [1.165, 1.54) is 24.3 Å². The van der Waals surface area contributed by atoms with E-state index >= 15 is 0 Å². The van der Waals surface area contributed by atoms with Crippen molar-refractivity contribution >= 4 is 11.8 Å². The van der Waals surface area contributed by atoms with E-state index in [9.17, 15) is 45.3 Å². The number of rotatable bonds is 11. The Morgan fingerprint density at radius 3 is 2.02 bits per heavy atom.